The molecule has 0 radical (unpaired) electrons. The molecule has 0 aliphatic heterocycles. The molecule has 2 nitrogen and oxygen atoms in total. The smallest absolute Gasteiger partial charge is 0.106 e. The molecule has 4 heteroatoms. The summed E-state index contributed by atoms with van der Waals surface area (Å²) in [7, 11) is 0. The van der Waals surface area contributed by atoms with Crippen molar-refractivity contribution in [2.24, 2.45) is 0 Å². The Morgan fingerprint density at radius 2 is 2.06 bits per heavy atom. The van der Waals surface area contributed by atoms with Crippen LogP contribution in [0.4, 0.5) is 0 Å². The van der Waals surface area contributed by atoms with Crippen molar-refractivity contribution in [3.63, 3.8) is 0 Å². The highest BCUT2D eigenvalue weighted by Gasteiger charge is 2.12. The van der Waals surface area contributed by atoms with Gasteiger partial charge >= 0.3 is 0 Å². The van der Waals surface area contributed by atoms with Crippen LogP contribution in [0.3, 0.4) is 0 Å². The van der Waals surface area contributed by atoms with Crippen LogP contribution in [0.5, 0.6) is 0 Å². The van der Waals surface area contributed by atoms with Gasteiger partial charge in [-0.25, -0.2) is 0 Å². The number of benzene rings is 1. The first-order valence-corrected chi connectivity index (χ1v) is 7.01. The number of nitrogens with zero attached hydrogens (tertiary/aromatic N) is 1. The molecule has 0 saturated carbocycles. The van der Waals surface area contributed by atoms with Crippen LogP contribution in [0.25, 0.3) is 0 Å². The van der Waals surface area contributed by atoms with Crippen LogP contribution in [0, 0.1) is 6.92 Å². The summed E-state index contributed by atoms with van der Waals surface area (Å²) >= 11 is 7.60. The van der Waals surface area contributed by atoms with E-state index >= 15 is 0 Å². The monoisotopic (exact) mass is 279 g/mol. The minimum Gasteiger partial charge on any atom is -0.386 e. The highest BCUT2D eigenvalue weighted by molar-refractivity contribution is 7.99. The van der Waals surface area contributed by atoms with Crippen molar-refractivity contribution < 1.29 is 5.11 Å². The van der Waals surface area contributed by atoms with E-state index in [9.17, 15) is 5.11 Å². The van der Waals surface area contributed by atoms with Crippen molar-refractivity contribution in [1.82, 2.24) is 4.98 Å². The molecule has 2 rings (SSSR count). The Labute approximate surface area is 116 Å². The molecule has 0 saturated heterocycles. The fourth-order valence-electron chi connectivity index (χ4n) is 1.66. The summed E-state index contributed by atoms with van der Waals surface area (Å²) in [4.78, 5) is 5.20. The summed E-state index contributed by atoms with van der Waals surface area (Å²) in [5.74, 6) is 0.543. The Balaban J connectivity index is 2.03. The van der Waals surface area contributed by atoms with Crippen LogP contribution < -0.4 is 0 Å². The minimum absolute atomic E-state index is 0.543. The largest absolute Gasteiger partial charge is 0.386 e. The van der Waals surface area contributed by atoms with Gasteiger partial charge in [-0.2, -0.15) is 0 Å². The van der Waals surface area contributed by atoms with E-state index in [1.807, 2.05) is 43.3 Å². The van der Waals surface area contributed by atoms with Gasteiger partial charge in [0.2, 0.25) is 0 Å². The maximum atomic E-state index is 10.1. The van der Waals surface area contributed by atoms with Gasteiger partial charge in [-0.05, 0) is 30.7 Å². The molecule has 1 unspecified atom stereocenters. The van der Waals surface area contributed by atoms with E-state index < -0.39 is 6.10 Å². The number of aliphatic hydroxyl groups is 1. The Morgan fingerprint density at radius 1 is 1.28 bits per heavy atom. The fourth-order valence-corrected chi connectivity index (χ4v) is 2.83. The average Bonchev–Trinajstić information content (AvgIpc) is 2.38. The first kappa shape index (κ1) is 13.4. The van der Waals surface area contributed by atoms with E-state index in [0.29, 0.717) is 10.8 Å². The van der Waals surface area contributed by atoms with Gasteiger partial charge in [0.15, 0.2) is 0 Å². The van der Waals surface area contributed by atoms with Gasteiger partial charge in [0.25, 0.3) is 0 Å². The second-order valence-electron chi connectivity index (χ2n) is 3.96. The molecule has 0 fully saturated rings. The van der Waals surface area contributed by atoms with E-state index in [1.165, 1.54) is 11.8 Å². The van der Waals surface area contributed by atoms with E-state index in [2.05, 4.69) is 4.98 Å². The maximum absolute atomic E-state index is 10.1. The Kier molecular flexibility index (Phi) is 4.64. The zero-order valence-electron chi connectivity index (χ0n) is 10.0. The fraction of sp³-hybridized carbons (Fsp3) is 0.214. The molecule has 2 aromatic rings. The second kappa shape index (κ2) is 6.23. The first-order valence-electron chi connectivity index (χ1n) is 5.65. The van der Waals surface area contributed by atoms with Crippen molar-refractivity contribution in [1.29, 1.82) is 0 Å². The quantitative estimate of drug-likeness (QED) is 0.863. The number of halogens is 1. The van der Waals surface area contributed by atoms with Crippen LogP contribution >= 0.6 is 23.4 Å². The predicted molar refractivity (Wildman–Crippen MR) is 76.1 cm³/mol. The van der Waals surface area contributed by atoms with Crippen molar-refractivity contribution in [2.75, 3.05) is 5.75 Å². The van der Waals surface area contributed by atoms with Crippen LogP contribution in [-0.4, -0.2) is 15.8 Å². The molecule has 0 aliphatic rings. The Bertz CT molecular complexity index is 533. The topological polar surface area (TPSA) is 33.1 Å². The lowest BCUT2D eigenvalue weighted by molar-refractivity contribution is 0.198. The number of aromatic nitrogens is 1. The lowest BCUT2D eigenvalue weighted by Crippen LogP contribution is -2.05. The summed E-state index contributed by atoms with van der Waals surface area (Å²) in [5.41, 5.74) is 1.74. The highest BCUT2D eigenvalue weighted by atomic mass is 35.5. The minimum atomic E-state index is -0.576. The van der Waals surface area contributed by atoms with Crippen molar-refractivity contribution >= 4 is 23.4 Å². The third-order valence-electron chi connectivity index (χ3n) is 2.60. The molecule has 0 bridgehead atoms. The molecular formula is C14H14ClNOS. The zero-order valence-corrected chi connectivity index (χ0v) is 11.6. The molecule has 0 amide bonds. The Morgan fingerprint density at radius 3 is 2.78 bits per heavy atom. The lowest BCUT2D eigenvalue weighted by atomic mass is 10.1. The van der Waals surface area contributed by atoms with Gasteiger partial charge in [-0.15, -0.1) is 11.8 Å². The number of aliphatic hydroxyl groups excluding tert-OH is 1. The van der Waals surface area contributed by atoms with Crippen LogP contribution in [0.2, 0.25) is 5.02 Å². The molecule has 1 aromatic carbocycles. The highest BCUT2D eigenvalue weighted by Crippen LogP contribution is 2.30. The molecule has 0 aliphatic carbocycles. The lowest BCUT2D eigenvalue weighted by Gasteiger charge is -2.12. The van der Waals surface area contributed by atoms with E-state index in [1.54, 1.807) is 6.20 Å². The van der Waals surface area contributed by atoms with Gasteiger partial charge < -0.3 is 5.11 Å². The summed E-state index contributed by atoms with van der Waals surface area (Å²) < 4.78 is 0. The van der Waals surface area contributed by atoms with Crippen LogP contribution in [-0.2, 0) is 0 Å². The molecule has 1 heterocycles. The molecular weight excluding hydrogens is 266 g/mol. The van der Waals surface area contributed by atoms with E-state index in [4.69, 9.17) is 11.6 Å². The standard InChI is InChI=1S/C14H14ClNOS/c1-10-5-4-8-16-14(10)12(17)9-18-13-7-3-2-6-11(13)15/h2-8,12,17H,9H2,1H3. The van der Waals surface area contributed by atoms with Gasteiger partial charge in [-0.1, -0.05) is 29.8 Å². The average molecular weight is 280 g/mol. The Hall–Kier alpha value is -1.03. The molecule has 94 valence electrons. The molecule has 0 spiro atoms. The molecule has 1 aromatic heterocycles. The van der Waals surface area contributed by atoms with Crippen molar-refractivity contribution in [3.8, 4) is 0 Å². The van der Waals surface area contributed by atoms with E-state index in [-0.39, 0.29) is 0 Å². The first-order chi connectivity index (χ1) is 8.68. The third-order valence-corrected chi connectivity index (χ3v) is 4.19. The zero-order chi connectivity index (χ0) is 13.0. The number of thioether (sulfide) groups is 1. The number of pyridine rings is 1. The van der Waals surface area contributed by atoms with Crippen molar-refractivity contribution in [2.45, 2.75) is 17.9 Å². The van der Waals surface area contributed by atoms with Gasteiger partial charge in [-0.3, -0.25) is 4.98 Å². The molecule has 1 N–H and O–H groups in total. The van der Waals surface area contributed by atoms with Crippen LogP contribution in [0.15, 0.2) is 47.5 Å². The third kappa shape index (κ3) is 3.25. The second-order valence-corrected chi connectivity index (χ2v) is 5.43. The molecule has 18 heavy (non-hydrogen) atoms. The predicted octanol–water partition coefficient (Wildman–Crippen LogP) is 3.87. The summed E-state index contributed by atoms with van der Waals surface area (Å²) in [5, 5.41) is 10.8. The number of aryl methyl sites for hydroxylation is 1. The van der Waals surface area contributed by atoms with E-state index in [0.717, 1.165) is 16.2 Å². The summed E-state index contributed by atoms with van der Waals surface area (Å²) in [6.45, 7) is 1.95. The summed E-state index contributed by atoms with van der Waals surface area (Å²) in [6, 6.07) is 11.4. The van der Waals surface area contributed by atoms with Gasteiger partial charge in [0.05, 0.1) is 10.7 Å². The number of rotatable bonds is 4. The van der Waals surface area contributed by atoms with Crippen molar-refractivity contribution in [3.05, 3.63) is 58.9 Å². The van der Waals surface area contributed by atoms with Crippen LogP contribution in [0.1, 0.15) is 17.4 Å². The summed E-state index contributed by atoms with van der Waals surface area (Å²) in [6.07, 6.45) is 1.12. The SMILES string of the molecule is Cc1cccnc1C(O)CSc1ccccc1Cl. The number of hydrogen-bond acceptors (Lipinski definition) is 3. The molecule has 1 atom stereocenters. The number of hydrogen-bond donors (Lipinski definition) is 1. The maximum Gasteiger partial charge on any atom is 0.106 e. The van der Waals surface area contributed by atoms with Gasteiger partial charge in [0.1, 0.15) is 6.10 Å². The normalized spacial score (nSPS) is 12.4. The van der Waals surface area contributed by atoms with Gasteiger partial charge in [0, 0.05) is 16.8 Å².